The summed E-state index contributed by atoms with van der Waals surface area (Å²) in [7, 11) is 0. The Morgan fingerprint density at radius 3 is 2.92 bits per heavy atom. The van der Waals surface area contributed by atoms with Gasteiger partial charge in [0.1, 0.15) is 11.6 Å². The first kappa shape index (κ1) is 14.8. The van der Waals surface area contributed by atoms with Crippen molar-refractivity contribution in [2.45, 2.75) is 30.6 Å². The zero-order valence-corrected chi connectivity index (χ0v) is 13.0. The number of para-hydroxylation sites is 1. The lowest BCUT2D eigenvalue weighted by molar-refractivity contribution is -0.124. The number of Topliss-reactive ketones (excluding diaryl/α,β-unsaturated/α-hetero) is 1. The van der Waals surface area contributed by atoms with Crippen molar-refractivity contribution >= 4 is 17.7 Å². The maximum Gasteiger partial charge on any atom is 0.148 e. The maximum absolute atomic E-state index is 14.3. The Bertz CT molecular complexity index is 912. The number of carbonyl (C=O) groups is 1. The standard InChI is InChI=1S/C20H15FN2O/c21-17-7-5-13(11-22)9-15(17)14-6-8-19(24)20(10-14)12-23-18-4-2-1-3-16(18)20/h1-5,7,9,12,14H,6,8,10H2. The van der Waals surface area contributed by atoms with Gasteiger partial charge in [-0.3, -0.25) is 9.79 Å². The largest absolute Gasteiger partial charge is 0.298 e. The quantitative estimate of drug-likeness (QED) is 0.791. The Kier molecular flexibility index (Phi) is 3.31. The molecule has 0 radical (unpaired) electrons. The fraction of sp³-hybridized carbons (Fsp3) is 0.250. The summed E-state index contributed by atoms with van der Waals surface area (Å²) in [5.74, 6) is -0.273. The first-order valence-electron chi connectivity index (χ1n) is 8.01. The van der Waals surface area contributed by atoms with Gasteiger partial charge in [0.05, 0.1) is 22.7 Å². The second kappa shape index (κ2) is 5.38. The molecule has 4 rings (SSSR count). The van der Waals surface area contributed by atoms with Crippen LogP contribution in [0, 0.1) is 17.1 Å². The number of hydrogen-bond acceptors (Lipinski definition) is 3. The molecule has 0 saturated heterocycles. The molecule has 2 atom stereocenters. The molecule has 2 aromatic rings. The zero-order chi connectivity index (χ0) is 16.7. The molecule has 1 spiro atoms. The Morgan fingerprint density at radius 1 is 1.25 bits per heavy atom. The SMILES string of the molecule is N#Cc1ccc(F)c(C2CCC(=O)C3(C=Nc4ccccc43)C2)c1. The lowest BCUT2D eigenvalue weighted by Gasteiger charge is -2.35. The second-order valence-corrected chi connectivity index (χ2v) is 6.46. The molecule has 1 saturated carbocycles. The molecule has 0 amide bonds. The molecule has 1 aliphatic carbocycles. The molecule has 3 nitrogen and oxygen atoms in total. The highest BCUT2D eigenvalue weighted by molar-refractivity contribution is 6.10. The summed E-state index contributed by atoms with van der Waals surface area (Å²) in [5, 5.41) is 9.08. The minimum atomic E-state index is -0.755. The van der Waals surface area contributed by atoms with Gasteiger partial charge in [-0.25, -0.2) is 4.39 Å². The van der Waals surface area contributed by atoms with Gasteiger partial charge in [-0.2, -0.15) is 5.26 Å². The third-order valence-electron chi connectivity index (χ3n) is 5.16. The van der Waals surface area contributed by atoms with Crippen LogP contribution in [0.25, 0.3) is 0 Å². The average molecular weight is 318 g/mol. The molecule has 0 bridgehead atoms. The molecule has 118 valence electrons. The van der Waals surface area contributed by atoms with Crippen LogP contribution in [-0.4, -0.2) is 12.0 Å². The van der Waals surface area contributed by atoms with Gasteiger partial charge in [0.25, 0.3) is 0 Å². The Morgan fingerprint density at radius 2 is 2.08 bits per heavy atom. The van der Waals surface area contributed by atoms with Crippen molar-refractivity contribution in [2.24, 2.45) is 4.99 Å². The Hall–Kier alpha value is -2.80. The van der Waals surface area contributed by atoms with Crippen molar-refractivity contribution in [3.8, 4) is 6.07 Å². The summed E-state index contributed by atoms with van der Waals surface area (Å²) in [6.07, 6.45) is 3.22. The van der Waals surface area contributed by atoms with E-state index in [9.17, 15) is 9.18 Å². The average Bonchev–Trinajstić information content (AvgIpc) is 2.98. The number of carbonyl (C=O) groups excluding carboxylic acids is 1. The van der Waals surface area contributed by atoms with Crippen LogP contribution in [0.15, 0.2) is 47.5 Å². The number of fused-ring (bicyclic) bond motifs is 2. The highest BCUT2D eigenvalue weighted by Gasteiger charge is 2.47. The Labute approximate surface area is 139 Å². The van der Waals surface area contributed by atoms with Crippen molar-refractivity contribution in [1.82, 2.24) is 0 Å². The molecule has 2 aromatic carbocycles. The highest BCUT2D eigenvalue weighted by atomic mass is 19.1. The van der Waals surface area contributed by atoms with Gasteiger partial charge in [-0.15, -0.1) is 0 Å². The van der Waals surface area contributed by atoms with Crippen molar-refractivity contribution in [1.29, 1.82) is 5.26 Å². The molecular formula is C20H15FN2O. The number of nitriles is 1. The van der Waals surface area contributed by atoms with E-state index in [1.54, 1.807) is 12.3 Å². The van der Waals surface area contributed by atoms with Crippen LogP contribution in [0.3, 0.4) is 0 Å². The number of aliphatic imine (C=N–C) groups is 1. The molecule has 0 N–H and O–H groups in total. The normalized spacial score (nSPS) is 24.8. The minimum absolute atomic E-state index is 0.103. The second-order valence-electron chi connectivity index (χ2n) is 6.46. The van der Waals surface area contributed by atoms with Crippen LogP contribution >= 0.6 is 0 Å². The smallest absolute Gasteiger partial charge is 0.148 e. The van der Waals surface area contributed by atoms with E-state index in [1.807, 2.05) is 24.3 Å². The molecule has 1 heterocycles. The molecule has 2 aliphatic rings. The van der Waals surface area contributed by atoms with E-state index in [-0.39, 0.29) is 17.5 Å². The van der Waals surface area contributed by atoms with Gasteiger partial charge in [-0.05, 0) is 54.2 Å². The van der Waals surface area contributed by atoms with E-state index in [1.165, 1.54) is 12.1 Å². The number of rotatable bonds is 1. The highest BCUT2D eigenvalue weighted by Crippen LogP contribution is 2.48. The van der Waals surface area contributed by atoms with E-state index >= 15 is 0 Å². The summed E-state index contributed by atoms with van der Waals surface area (Å²) in [5.41, 5.74) is 1.94. The summed E-state index contributed by atoms with van der Waals surface area (Å²) < 4.78 is 14.3. The Balaban J connectivity index is 1.77. The number of halogens is 1. The molecule has 24 heavy (non-hydrogen) atoms. The predicted molar refractivity (Wildman–Crippen MR) is 89.0 cm³/mol. The fourth-order valence-electron chi connectivity index (χ4n) is 3.92. The lowest BCUT2D eigenvalue weighted by Crippen LogP contribution is -2.41. The summed E-state index contributed by atoms with van der Waals surface area (Å²) in [4.78, 5) is 17.1. The van der Waals surface area contributed by atoms with Crippen LogP contribution in [0.5, 0.6) is 0 Å². The molecular weight excluding hydrogens is 303 g/mol. The zero-order valence-electron chi connectivity index (χ0n) is 13.0. The maximum atomic E-state index is 14.3. The molecule has 1 fully saturated rings. The van der Waals surface area contributed by atoms with Gasteiger partial charge >= 0.3 is 0 Å². The van der Waals surface area contributed by atoms with Gasteiger partial charge in [-0.1, -0.05) is 18.2 Å². The van der Waals surface area contributed by atoms with E-state index in [4.69, 9.17) is 5.26 Å². The van der Waals surface area contributed by atoms with Gasteiger partial charge < -0.3 is 0 Å². The fourth-order valence-corrected chi connectivity index (χ4v) is 3.92. The van der Waals surface area contributed by atoms with E-state index in [0.29, 0.717) is 30.4 Å². The third-order valence-corrected chi connectivity index (χ3v) is 5.16. The number of ketones is 1. The van der Waals surface area contributed by atoms with Crippen LogP contribution in [-0.2, 0) is 10.2 Å². The lowest BCUT2D eigenvalue weighted by atomic mass is 9.65. The van der Waals surface area contributed by atoms with Crippen LogP contribution < -0.4 is 0 Å². The topological polar surface area (TPSA) is 53.2 Å². The van der Waals surface area contributed by atoms with Crippen molar-refractivity contribution < 1.29 is 9.18 Å². The molecule has 2 unspecified atom stereocenters. The van der Waals surface area contributed by atoms with Crippen molar-refractivity contribution in [3.05, 3.63) is 65.0 Å². The van der Waals surface area contributed by atoms with Crippen LogP contribution in [0.1, 0.15) is 41.9 Å². The number of nitrogens with zero attached hydrogens (tertiary/aromatic N) is 2. The van der Waals surface area contributed by atoms with E-state index < -0.39 is 5.41 Å². The van der Waals surface area contributed by atoms with Gasteiger partial charge in [0.15, 0.2) is 0 Å². The van der Waals surface area contributed by atoms with Crippen molar-refractivity contribution in [2.75, 3.05) is 0 Å². The van der Waals surface area contributed by atoms with Gasteiger partial charge in [0, 0.05) is 12.6 Å². The number of benzene rings is 2. The number of hydrogen-bond donors (Lipinski definition) is 0. The molecule has 0 aromatic heterocycles. The van der Waals surface area contributed by atoms with Crippen LogP contribution in [0.2, 0.25) is 0 Å². The minimum Gasteiger partial charge on any atom is -0.298 e. The summed E-state index contributed by atoms with van der Waals surface area (Å²) in [6.45, 7) is 0. The third kappa shape index (κ3) is 2.09. The molecule has 1 aliphatic heterocycles. The summed E-state index contributed by atoms with van der Waals surface area (Å²) in [6, 6.07) is 14.1. The molecule has 4 heteroatoms. The monoisotopic (exact) mass is 318 g/mol. The predicted octanol–water partition coefficient (Wildman–Crippen LogP) is 4.19. The van der Waals surface area contributed by atoms with Crippen molar-refractivity contribution in [3.63, 3.8) is 0 Å². The van der Waals surface area contributed by atoms with Gasteiger partial charge in [0.2, 0.25) is 0 Å². The first-order valence-corrected chi connectivity index (χ1v) is 8.01. The van der Waals surface area contributed by atoms with E-state index in [0.717, 1.165) is 11.3 Å². The van der Waals surface area contributed by atoms with E-state index in [2.05, 4.69) is 11.1 Å². The summed E-state index contributed by atoms with van der Waals surface area (Å²) >= 11 is 0. The first-order chi connectivity index (χ1) is 11.6. The van der Waals surface area contributed by atoms with Crippen LogP contribution in [0.4, 0.5) is 10.1 Å².